The molecule has 0 bridgehead atoms. The Morgan fingerprint density at radius 1 is 1.67 bits per heavy atom. The summed E-state index contributed by atoms with van der Waals surface area (Å²) in [4.78, 5) is 0. The highest BCUT2D eigenvalue weighted by molar-refractivity contribution is 7.99. The highest BCUT2D eigenvalue weighted by Gasteiger charge is 2.26. The molecule has 0 saturated carbocycles. The molecule has 1 saturated heterocycles. The van der Waals surface area contributed by atoms with Crippen LogP contribution in [0.5, 0.6) is 0 Å². The van der Waals surface area contributed by atoms with E-state index in [0.29, 0.717) is 11.7 Å². The van der Waals surface area contributed by atoms with Crippen LogP contribution < -0.4 is 0 Å². The Balaban J connectivity index is 2.04. The summed E-state index contributed by atoms with van der Waals surface area (Å²) in [6.45, 7) is 0. The summed E-state index contributed by atoms with van der Waals surface area (Å²) in [5.41, 5.74) is 0. The van der Waals surface area contributed by atoms with Gasteiger partial charge in [-0.2, -0.15) is 11.8 Å². The standard InChI is InChI=1S/C9H12O2S/c10-9(7-3-5-12-6-7)8-2-1-4-11-8/h1-2,4,7,9-10H,3,5-6H2. The molecule has 66 valence electrons. The Morgan fingerprint density at radius 2 is 2.58 bits per heavy atom. The molecule has 1 aromatic rings. The van der Waals surface area contributed by atoms with Gasteiger partial charge in [0, 0.05) is 5.92 Å². The summed E-state index contributed by atoms with van der Waals surface area (Å²) in [5, 5.41) is 9.80. The van der Waals surface area contributed by atoms with Gasteiger partial charge in [0.05, 0.1) is 6.26 Å². The molecule has 0 spiro atoms. The van der Waals surface area contributed by atoms with Crippen molar-refractivity contribution >= 4 is 11.8 Å². The van der Waals surface area contributed by atoms with Crippen molar-refractivity contribution in [2.24, 2.45) is 5.92 Å². The molecular formula is C9H12O2S. The molecule has 1 aliphatic rings. The van der Waals surface area contributed by atoms with Gasteiger partial charge in [0.2, 0.25) is 0 Å². The van der Waals surface area contributed by atoms with Crippen LogP contribution >= 0.6 is 11.8 Å². The van der Waals surface area contributed by atoms with Crippen LogP contribution in [0, 0.1) is 5.92 Å². The zero-order chi connectivity index (χ0) is 8.39. The minimum atomic E-state index is -0.394. The van der Waals surface area contributed by atoms with E-state index in [-0.39, 0.29) is 0 Å². The van der Waals surface area contributed by atoms with Crippen molar-refractivity contribution in [2.75, 3.05) is 11.5 Å². The van der Waals surface area contributed by atoms with E-state index in [0.717, 1.165) is 12.2 Å². The first-order chi connectivity index (χ1) is 5.88. The van der Waals surface area contributed by atoms with Crippen LogP contribution in [0.4, 0.5) is 0 Å². The fourth-order valence-corrected chi connectivity index (χ4v) is 2.78. The van der Waals surface area contributed by atoms with Crippen LogP contribution in [0.1, 0.15) is 18.3 Å². The van der Waals surface area contributed by atoms with Gasteiger partial charge in [-0.25, -0.2) is 0 Å². The monoisotopic (exact) mass is 184 g/mol. The molecule has 1 fully saturated rings. The van der Waals surface area contributed by atoms with Crippen LogP contribution in [0.3, 0.4) is 0 Å². The number of hydrogen-bond acceptors (Lipinski definition) is 3. The predicted molar refractivity (Wildman–Crippen MR) is 49.1 cm³/mol. The fraction of sp³-hybridized carbons (Fsp3) is 0.556. The van der Waals surface area contributed by atoms with Crippen LogP contribution in [-0.2, 0) is 0 Å². The summed E-state index contributed by atoms with van der Waals surface area (Å²) < 4.78 is 5.15. The van der Waals surface area contributed by atoms with E-state index in [9.17, 15) is 5.11 Å². The van der Waals surface area contributed by atoms with Crippen molar-refractivity contribution in [2.45, 2.75) is 12.5 Å². The lowest BCUT2D eigenvalue weighted by molar-refractivity contribution is 0.0975. The zero-order valence-corrected chi connectivity index (χ0v) is 7.59. The molecule has 0 aliphatic carbocycles. The van der Waals surface area contributed by atoms with Gasteiger partial charge in [0.15, 0.2) is 0 Å². The summed E-state index contributed by atoms with van der Waals surface area (Å²) in [6, 6.07) is 3.66. The van der Waals surface area contributed by atoms with Crippen molar-refractivity contribution in [3.05, 3.63) is 24.2 Å². The lowest BCUT2D eigenvalue weighted by atomic mass is 10.0. The van der Waals surface area contributed by atoms with Gasteiger partial charge < -0.3 is 9.52 Å². The average Bonchev–Trinajstić information content (AvgIpc) is 2.77. The van der Waals surface area contributed by atoms with Gasteiger partial charge in [0.25, 0.3) is 0 Å². The van der Waals surface area contributed by atoms with Gasteiger partial charge in [-0.05, 0) is 30.1 Å². The summed E-state index contributed by atoms with van der Waals surface area (Å²) in [7, 11) is 0. The summed E-state index contributed by atoms with van der Waals surface area (Å²) in [5.74, 6) is 3.33. The minimum Gasteiger partial charge on any atom is -0.467 e. The molecule has 1 aromatic heterocycles. The first kappa shape index (κ1) is 8.20. The van der Waals surface area contributed by atoms with Crippen LogP contribution in [-0.4, -0.2) is 16.6 Å². The normalized spacial score (nSPS) is 25.9. The van der Waals surface area contributed by atoms with Gasteiger partial charge in [0.1, 0.15) is 11.9 Å². The Hall–Kier alpha value is -0.410. The first-order valence-electron chi connectivity index (χ1n) is 4.17. The third-order valence-corrected chi connectivity index (χ3v) is 3.43. The highest BCUT2D eigenvalue weighted by Crippen LogP contribution is 2.33. The molecule has 2 atom stereocenters. The van der Waals surface area contributed by atoms with E-state index < -0.39 is 6.10 Å². The van der Waals surface area contributed by atoms with E-state index in [4.69, 9.17) is 4.42 Å². The van der Waals surface area contributed by atoms with Crippen molar-refractivity contribution in [1.29, 1.82) is 0 Å². The second kappa shape index (κ2) is 3.54. The number of rotatable bonds is 2. The number of thioether (sulfide) groups is 1. The van der Waals surface area contributed by atoms with Crippen molar-refractivity contribution in [3.8, 4) is 0 Å². The van der Waals surface area contributed by atoms with E-state index in [1.807, 2.05) is 23.9 Å². The molecule has 3 heteroatoms. The third-order valence-electron chi connectivity index (χ3n) is 2.25. The molecule has 12 heavy (non-hydrogen) atoms. The lowest BCUT2D eigenvalue weighted by Crippen LogP contribution is -2.10. The SMILES string of the molecule is OC(c1ccco1)C1CCSC1. The number of hydrogen-bond donors (Lipinski definition) is 1. The minimum absolute atomic E-state index is 0.390. The van der Waals surface area contributed by atoms with Crippen molar-refractivity contribution < 1.29 is 9.52 Å². The van der Waals surface area contributed by atoms with Crippen molar-refractivity contribution in [3.63, 3.8) is 0 Å². The summed E-state index contributed by atoms with van der Waals surface area (Å²) in [6.07, 6.45) is 2.32. The lowest BCUT2D eigenvalue weighted by Gasteiger charge is -2.13. The largest absolute Gasteiger partial charge is 0.467 e. The van der Waals surface area contributed by atoms with Gasteiger partial charge >= 0.3 is 0 Å². The molecule has 0 radical (unpaired) electrons. The number of furan rings is 1. The van der Waals surface area contributed by atoms with E-state index in [1.165, 1.54) is 5.75 Å². The molecule has 2 nitrogen and oxygen atoms in total. The molecular weight excluding hydrogens is 172 g/mol. The maximum Gasteiger partial charge on any atom is 0.132 e. The summed E-state index contributed by atoms with van der Waals surface area (Å²) >= 11 is 1.91. The maximum absolute atomic E-state index is 9.80. The molecule has 0 aromatic carbocycles. The predicted octanol–water partition coefficient (Wildman–Crippen LogP) is 2.07. The quantitative estimate of drug-likeness (QED) is 0.763. The van der Waals surface area contributed by atoms with E-state index in [1.54, 1.807) is 6.26 Å². The van der Waals surface area contributed by atoms with Crippen molar-refractivity contribution in [1.82, 2.24) is 0 Å². The molecule has 2 rings (SSSR count). The fourth-order valence-electron chi connectivity index (χ4n) is 1.49. The van der Waals surface area contributed by atoms with Gasteiger partial charge in [-0.15, -0.1) is 0 Å². The highest BCUT2D eigenvalue weighted by atomic mass is 32.2. The Bertz CT molecular complexity index is 227. The van der Waals surface area contributed by atoms with Crippen LogP contribution in [0.25, 0.3) is 0 Å². The van der Waals surface area contributed by atoms with E-state index >= 15 is 0 Å². The number of aliphatic hydroxyl groups is 1. The number of aliphatic hydroxyl groups excluding tert-OH is 1. The maximum atomic E-state index is 9.80. The average molecular weight is 184 g/mol. The van der Waals surface area contributed by atoms with Gasteiger partial charge in [-0.3, -0.25) is 0 Å². The smallest absolute Gasteiger partial charge is 0.132 e. The van der Waals surface area contributed by atoms with E-state index in [2.05, 4.69) is 0 Å². The Labute approximate surface area is 76.0 Å². The second-order valence-corrected chi connectivity index (χ2v) is 4.23. The van der Waals surface area contributed by atoms with Gasteiger partial charge in [-0.1, -0.05) is 0 Å². The third kappa shape index (κ3) is 1.52. The molecule has 2 unspecified atom stereocenters. The van der Waals surface area contributed by atoms with Crippen LogP contribution in [0.15, 0.2) is 22.8 Å². The Morgan fingerprint density at radius 3 is 3.17 bits per heavy atom. The first-order valence-corrected chi connectivity index (χ1v) is 5.32. The zero-order valence-electron chi connectivity index (χ0n) is 6.77. The van der Waals surface area contributed by atoms with Crippen LogP contribution in [0.2, 0.25) is 0 Å². The Kier molecular flexibility index (Phi) is 2.42. The second-order valence-electron chi connectivity index (χ2n) is 3.08. The molecule has 1 N–H and O–H groups in total. The molecule has 1 aliphatic heterocycles. The molecule has 2 heterocycles. The molecule has 0 amide bonds. The topological polar surface area (TPSA) is 33.4 Å².